The molecule has 0 spiro atoms. The van der Waals surface area contributed by atoms with Gasteiger partial charge in [-0.25, -0.2) is 4.79 Å². The van der Waals surface area contributed by atoms with E-state index in [2.05, 4.69) is 23.1 Å². The lowest BCUT2D eigenvalue weighted by molar-refractivity contribution is 0.0600. The molecule has 3 aromatic rings. The van der Waals surface area contributed by atoms with Crippen molar-refractivity contribution in [2.75, 3.05) is 38.3 Å². The quantitative estimate of drug-likeness (QED) is 0.489. The highest BCUT2D eigenvalue weighted by Gasteiger charge is 2.11. The average Bonchev–Trinajstić information content (AvgIpc) is 2.87. The van der Waals surface area contributed by atoms with Crippen LogP contribution in [0.4, 0.5) is 5.69 Å². The van der Waals surface area contributed by atoms with Crippen molar-refractivity contribution in [1.29, 1.82) is 0 Å². The van der Waals surface area contributed by atoms with Crippen molar-refractivity contribution in [3.63, 3.8) is 0 Å². The van der Waals surface area contributed by atoms with E-state index in [9.17, 15) is 4.79 Å². The lowest BCUT2D eigenvalue weighted by atomic mass is 10.1. The Morgan fingerprint density at radius 3 is 2.19 bits per heavy atom. The summed E-state index contributed by atoms with van der Waals surface area (Å²) >= 11 is 0. The molecule has 3 aromatic carbocycles. The third-order valence-corrected chi connectivity index (χ3v) is 5.27. The zero-order chi connectivity index (χ0) is 22.2. The Balaban J connectivity index is 1.32. The van der Waals surface area contributed by atoms with E-state index >= 15 is 0 Å². The SMILES string of the molecule is COC(=O)c1ccc(OCc2cccc(COc3cccc(N4CCOCC4)c3)c2)cc1. The van der Waals surface area contributed by atoms with E-state index in [1.165, 1.54) is 7.11 Å². The number of carbonyl (C=O) groups is 1. The van der Waals surface area contributed by atoms with Crippen LogP contribution in [0.25, 0.3) is 0 Å². The zero-order valence-electron chi connectivity index (χ0n) is 18.2. The van der Waals surface area contributed by atoms with Crippen LogP contribution in [0, 0.1) is 0 Å². The summed E-state index contributed by atoms with van der Waals surface area (Å²) in [5, 5.41) is 0. The molecule has 1 fully saturated rings. The van der Waals surface area contributed by atoms with E-state index in [0.29, 0.717) is 24.5 Å². The highest BCUT2D eigenvalue weighted by molar-refractivity contribution is 5.89. The molecule has 4 rings (SSSR count). The summed E-state index contributed by atoms with van der Waals surface area (Å²) in [7, 11) is 1.37. The van der Waals surface area contributed by atoms with Gasteiger partial charge in [0.1, 0.15) is 24.7 Å². The highest BCUT2D eigenvalue weighted by atomic mass is 16.5. The molecule has 0 atom stereocenters. The van der Waals surface area contributed by atoms with Crippen LogP contribution in [0.15, 0.2) is 72.8 Å². The third-order valence-electron chi connectivity index (χ3n) is 5.27. The standard InChI is InChI=1S/C26H27NO5/c1-29-26(28)22-8-10-24(11-9-22)31-18-20-4-2-5-21(16-20)19-32-25-7-3-6-23(17-25)27-12-14-30-15-13-27/h2-11,16-17H,12-15,18-19H2,1H3. The van der Waals surface area contributed by atoms with Crippen molar-refractivity contribution in [1.82, 2.24) is 0 Å². The second kappa shape index (κ2) is 10.7. The largest absolute Gasteiger partial charge is 0.489 e. The molecule has 0 aromatic heterocycles. The summed E-state index contributed by atoms with van der Waals surface area (Å²) in [6, 6.07) is 23.2. The van der Waals surface area contributed by atoms with Crippen molar-refractivity contribution in [3.05, 3.63) is 89.5 Å². The number of rotatable bonds is 8. The number of hydrogen-bond acceptors (Lipinski definition) is 6. The minimum absolute atomic E-state index is 0.361. The van der Waals surface area contributed by atoms with E-state index in [4.69, 9.17) is 18.9 Å². The summed E-state index contributed by atoms with van der Waals surface area (Å²) < 4.78 is 22.0. The molecule has 166 valence electrons. The van der Waals surface area contributed by atoms with Crippen molar-refractivity contribution in [2.45, 2.75) is 13.2 Å². The van der Waals surface area contributed by atoms with Crippen molar-refractivity contribution < 1.29 is 23.7 Å². The van der Waals surface area contributed by atoms with Crippen LogP contribution in [0.5, 0.6) is 11.5 Å². The van der Waals surface area contributed by atoms with Gasteiger partial charge in [0.05, 0.1) is 25.9 Å². The zero-order valence-corrected chi connectivity index (χ0v) is 18.2. The van der Waals surface area contributed by atoms with Crippen LogP contribution >= 0.6 is 0 Å². The van der Waals surface area contributed by atoms with Gasteiger partial charge >= 0.3 is 5.97 Å². The van der Waals surface area contributed by atoms with Gasteiger partial charge < -0.3 is 23.8 Å². The molecule has 1 heterocycles. The van der Waals surface area contributed by atoms with E-state index in [0.717, 1.165) is 48.9 Å². The molecule has 1 aliphatic heterocycles. The van der Waals surface area contributed by atoms with Crippen molar-refractivity contribution in [3.8, 4) is 11.5 Å². The molecule has 0 aliphatic carbocycles. The summed E-state index contributed by atoms with van der Waals surface area (Å²) in [5.41, 5.74) is 3.77. The molecule has 0 radical (unpaired) electrons. The minimum atomic E-state index is -0.361. The first-order valence-corrected chi connectivity index (χ1v) is 10.7. The molecular weight excluding hydrogens is 406 g/mol. The van der Waals surface area contributed by atoms with Gasteiger partial charge in [0, 0.05) is 24.8 Å². The maximum absolute atomic E-state index is 11.5. The normalized spacial score (nSPS) is 13.5. The summed E-state index contributed by atoms with van der Waals surface area (Å²) in [4.78, 5) is 13.8. The fourth-order valence-electron chi connectivity index (χ4n) is 3.54. The van der Waals surface area contributed by atoms with Crippen molar-refractivity contribution in [2.24, 2.45) is 0 Å². The smallest absolute Gasteiger partial charge is 0.337 e. The Hall–Kier alpha value is -3.51. The van der Waals surface area contributed by atoms with Gasteiger partial charge in [-0.3, -0.25) is 0 Å². The maximum Gasteiger partial charge on any atom is 0.337 e. The molecule has 1 saturated heterocycles. The number of esters is 1. The van der Waals surface area contributed by atoms with Gasteiger partial charge in [-0.2, -0.15) is 0 Å². The Morgan fingerprint density at radius 1 is 0.844 bits per heavy atom. The molecule has 0 N–H and O–H groups in total. The maximum atomic E-state index is 11.5. The molecule has 0 amide bonds. The summed E-state index contributed by atoms with van der Waals surface area (Å²) in [5.74, 6) is 1.18. The minimum Gasteiger partial charge on any atom is -0.489 e. The average molecular weight is 434 g/mol. The Morgan fingerprint density at radius 2 is 1.50 bits per heavy atom. The van der Waals surface area contributed by atoms with Crippen LogP contribution in [0.3, 0.4) is 0 Å². The van der Waals surface area contributed by atoms with Gasteiger partial charge in [-0.05, 0) is 53.6 Å². The molecule has 6 heteroatoms. The lowest BCUT2D eigenvalue weighted by Gasteiger charge is -2.29. The number of benzene rings is 3. The molecule has 6 nitrogen and oxygen atoms in total. The van der Waals surface area contributed by atoms with Crippen LogP contribution in [0.2, 0.25) is 0 Å². The van der Waals surface area contributed by atoms with E-state index in [-0.39, 0.29) is 5.97 Å². The number of morpholine rings is 1. The second-order valence-electron chi connectivity index (χ2n) is 7.51. The predicted molar refractivity (Wildman–Crippen MR) is 122 cm³/mol. The van der Waals surface area contributed by atoms with Gasteiger partial charge in [0.2, 0.25) is 0 Å². The predicted octanol–water partition coefficient (Wildman–Crippen LogP) is 4.47. The monoisotopic (exact) mass is 433 g/mol. The first-order chi connectivity index (χ1) is 15.7. The number of hydrogen-bond donors (Lipinski definition) is 0. The summed E-state index contributed by atoms with van der Waals surface area (Å²) in [6.45, 7) is 4.23. The fourth-order valence-corrected chi connectivity index (χ4v) is 3.54. The van der Waals surface area contributed by atoms with Gasteiger partial charge in [0.15, 0.2) is 0 Å². The topological polar surface area (TPSA) is 57.2 Å². The number of ether oxygens (including phenoxy) is 4. The molecule has 0 unspecified atom stereocenters. The molecule has 32 heavy (non-hydrogen) atoms. The first kappa shape index (κ1) is 21.7. The third kappa shape index (κ3) is 5.80. The molecule has 0 saturated carbocycles. The van der Waals surface area contributed by atoms with E-state index < -0.39 is 0 Å². The number of nitrogens with zero attached hydrogens (tertiary/aromatic N) is 1. The van der Waals surface area contributed by atoms with E-state index in [1.54, 1.807) is 24.3 Å². The molecular formula is C26H27NO5. The second-order valence-corrected chi connectivity index (χ2v) is 7.51. The highest BCUT2D eigenvalue weighted by Crippen LogP contribution is 2.23. The first-order valence-electron chi connectivity index (χ1n) is 10.7. The van der Waals surface area contributed by atoms with Gasteiger partial charge in [-0.1, -0.05) is 24.3 Å². The Kier molecular flexibility index (Phi) is 7.25. The number of carbonyl (C=O) groups excluding carboxylic acids is 1. The summed E-state index contributed by atoms with van der Waals surface area (Å²) in [6.07, 6.45) is 0. The van der Waals surface area contributed by atoms with Crippen LogP contribution in [-0.4, -0.2) is 39.4 Å². The molecule has 1 aliphatic rings. The van der Waals surface area contributed by atoms with Gasteiger partial charge in [0.25, 0.3) is 0 Å². The molecule has 0 bridgehead atoms. The number of methoxy groups -OCH3 is 1. The van der Waals surface area contributed by atoms with Crippen LogP contribution in [-0.2, 0) is 22.7 Å². The Labute approximate surface area is 188 Å². The van der Waals surface area contributed by atoms with Crippen molar-refractivity contribution >= 4 is 11.7 Å². The Bertz CT molecular complexity index is 1030. The van der Waals surface area contributed by atoms with Gasteiger partial charge in [-0.15, -0.1) is 0 Å². The van der Waals surface area contributed by atoms with Crippen LogP contribution < -0.4 is 14.4 Å². The lowest BCUT2D eigenvalue weighted by Crippen LogP contribution is -2.36. The number of anilines is 1. The van der Waals surface area contributed by atoms with Crippen LogP contribution in [0.1, 0.15) is 21.5 Å². The van der Waals surface area contributed by atoms with E-state index in [1.807, 2.05) is 30.3 Å². The fraction of sp³-hybridized carbons (Fsp3) is 0.269.